The van der Waals surface area contributed by atoms with Crippen molar-refractivity contribution >= 4 is 32.7 Å². The maximum absolute atomic E-state index is 12.8. The van der Waals surface area contributed by atoms with E-state index >= 15 is 0 Å². The van der Waals surface area contributed by atoms with Gasteiger partial charge in [0.2, 0.25) is 10.0 Å². The van der Waals surface area contributed by atoms with E-state index in [2.05, 4.69) is 22.2 Å². The first-order valence-corrected chi connectivity index (χ1v) is 12.6. The predicted molar refractivity (Wildman–Crippen MR) is 123 cm³/mol. The highest BCUT2D eigenvalue weighted by atomic mass is 32.2. The van der Waals surface area contributed by atoms with Crippen LogP contribution in [-0.4, -0.2) is 54.5 Å². The summed E-state index contributed by atoms with van der Waals surface area (Å²) in [6, 6.07) is 17.3. The van der Waals surface area contributed by atoms with Crippen LogP contribution in [0.5, 0.6) is 0 Å². The van der Waals surface area contributed by atoms with Gasteiger partial charge in [0.05, 0.1) is 17.2 Å². The zero-order chi connectivity index (χ0) is 21.0. The molecule has 30 heavy (non-hydrogen) atoms. The van der Waals surface area contributed by atoms with E-state index in [1.165, 1.54) is 5.56 Å². The van der Waals surface area contributed by atoms with Crippen LogP contribution in [0.2, 0.25) is 0 Å². The van der Waals surface area contributed by atoms with Crippen LogP contribution in [0.15, 0.2) is 69.6 Å². The first-order chi connectivity index (χ1) is 14.5. The molecule has 0 atom stereocenters. The number of hydrogen-bond acceptors (Lipinski definition) is 5. The second-order valence-electron chi connectivity index (χ2n) is 7.43. The Balaban J connectivity index is 1.46. The van der Waals surface area contributed by atoms with Gasteiger partial charge in [-0.25, -0.2) is 13.4 Å². The highest BCUT2D eigenvalue weighted by molar-refractivity contribution is 8.14. The minimum absolute atomic E-state index is 0.357. The quantitative estimate of drug-likeness (QED) is 0.707. The van der Waals surface area contributed by atoms with E-state index in [0.29, 0.717) is 30.3 Å². The molecular formula is C22H26N4O2S2. The van der Waals surface area contributed by atoms with E-state index in [4.69, 9.17) is 0 Å². The fourth-order valence-corrected chi connectivity index (χ4v) is 5.97. The molecule has 2 heterocycles. The number of hydrogen-bond donors (Lipinski definition) is 0. The van der Waals surface area contributed by atoms with Crippen molar-refractivity contribution in [1.82, 2.24) is 9.31 Å². The van der Waals surface area contributed by atoms with Gasteiger partial charge in [0.25, 0.3) is 0 Å². The van der Waals surface area contributed by atoms with Gasteiger partial charge in [-0.05, 0) is 36.1 Å². The highest BCUT2D eigenvalue weighted by Gasteiger charge is 2.26. The summed E-state index contributed by atoms with van der Waals surface area (Å²) in [4.78, 5) is 5.03. The molecule has 2 aromatic carbocycles. The first kappa shape index (κ1) is 21.1. The fourth-order valence-electron chi connectivity index (χ4n) is 3.58. The Kier molecular flexibility index (Phi) is 6.55. The van der Waals surface area contributed by atoms with Crippen molar-refractivity contribution in [2.75, 3.05) is 25.9 Å². The van der Waals surface area contributed by atoms with Gasteiger partial charge in [-0.3, -0.25) is 4.99 Å². The number of thioether (sulfide) groups is 1. The number of nitrogens with zero attached hydrogens (tertiary/aromatic N) is 4. The zero-order valence-corrected chi connectivity index (χ0v) is 18.7. The normalized spacial score (nSPS) is 19.7. The monoisotopic (exact) mass is 442 g/mol. The summed E-state index contributed by atoms with van der Waals surface area (Å²) in [6.45, 7) is 1.86. The number of benzene rings is 2. The van der Waals surface area contributed by atoms with Crippen LogP contribution in [0.3, 0.4) is 0 Å². The number of rotatable bonds is 5. The average Bonchev–Trinajstić information content (AvgIpc) is 2.79. The number of hydrazone groups is 1. The third kappa shape index (κ3) is 4.77. The topological polar surface area (TPSA) is 65.3 Å². The van der Waals surface area contributed by atoms with Crippen molar-refractivity contribution < 1.29 is 8.42 Å². The Morgan fingerprint density at radius 1 is 1.00 bits per heavy atom. The van der Waals surface area contributed by atoms with Crippen molar-refractivity contribution in [3.8, 4) is 0 Å². The van der Waals surface area contributed by atoms with Crippen LogP contribution in [0.1, 0.15) is 30.4 Å². The Morgan fingerprint density at radius 2 is 1.70 bits per heavy atom. The summed E-state index contributed by atoms with van der Waals surface area (Å²) in [5.74, 6) is 0.705. The van der Waals surface area contributed by atoms with Crippen molar-refractivity contribution in [2.45, 2.75) is 30.7 Å². The Labute approximate surface area is 182 Å². The summed E-state index contributed by atoms with van der Waals surface area (Å²) in [6.07, 6.45) is 2.98. The van der Waals surface area contributed by atoms with Crippen molar-refractivity contribution in [3.63, 3.8) is 0 Å². The molecule has 0 spiro atoms. The second kappa shape index (κ2) is 9.32. The minimum Gasteiger partial charge on any atom is -0.256 e. The van der Waals surface area contributed by atoms with Crippen LogP contribution in [-0.2, 0) is 16.6 Å². The summed E-state index contributed by atoms with van der Waals surface area (Å²) in [5, 5.41) is 7.34. The fraction of sp³-hybridized carbons (Fsp3) is 0.364. The second-order valence-corrected chi connectivity index (χ2v) is 10.3. The van der Waals surface area contributed by atoms with E-state index in [1.54, 1.807) is 33.2 Å². The molecule has 2 aromatic rings. The van der Waals surface area contributed by atoms with E-state index in [1.807, 2.05) is 37.4 Å². The van der Waals surface area contributed by atoms with Crippen LogP contribution in [0.4, 0.5) is 0 Å². The molecule has 1 saturated heterocycles. The summed E-state index contributed by atoms with van der Waals surface area (Å²) in [5.41, 5.74) is 3.02. The van der Waals surface area contributed by atoms with E-state index < -0.39 is 10.0 Å². The Bertz CT molecular complexity index is 1030. The molecule has 2 aliphatic rings. The number of piperidine rings is 1. The molecule has 0 unspecified atom stereocenters. The van der Waals surface area contributed by atoms with Gasteiger partial charge in [0.15, 0.2) is 5.17 Å². The Morgan fingerprint density at radius 3 is 2.37 bits per heavy atom. The molecule has 2 aliphatic heterocycles. The molecule has 1 fully saturated rings. The van der Waals surface area contributed by atoms with E-state index in [9.17, 15) is 8.42 Å². The smallest absolute Gasteiger partial charge is 0.243 e. The average molecular weight is 443 g/mol. The number of amidine groups is 1. The summed E-state index contributed by atoms with van der Waals surface area (Å²) < 4.78 is 27.3. The van der Waals surface area contributed by atoms with Crippen molar-refractivity contribution in [1.29, 1.82) is 0 Å². The molecule has 158 valence electrons. The summed E-state index contributed by atoms with van der Waals surface area (Å²) in [7, 11) is -1.51. The lowest BCUT2D eigenvalue weighted by Crippen LogP contribution is -2.35. The molecule has 6 nitrogen and oxygen atoms in total. The molecule has 4 rings (SSSR count). The summed E-state index contributed by atoms with van der Waals surface area (Å²) >= 11 is 1.64. The highest BCUT2D eigenvalue weighted by Crippen LogP contribution is 2.23. The molecule has 0 radical (unpaired) electrons. The molecule has 0 saturated carbocycles. The molecule has 0 bridgehead atoms. The number of sulfonamides is 1. The zero-order valence-electron chi connectivity index (χ0n) is 17.1. The minimum atomic E-state index is -3.40. The van der Waals surface area contributed by atoms with Gasteiger partial charge in [-0.1, -0.05) is 60.6 Å². The van der Waals surface area contributed by atoms with E-state index in [-0.39, 0.29) is 0 Å². The van der Waals surface area contributed by atoms with Crippen molar-refractivity contribution in [3.05, 3.63) is 65.7 Å². The lowest BCUT2D eigenvalue weighted by Gasteiger charge is -2.26. The molecule has 0 aliphatic carbocycles. The largest absolute Gasteiger partial charge is 0.256 e. The van der Waals surface area contributed by atoms with Gasteiger partial charge in [-0.15, -0.1) is 0 Å². The van der Waals surface area contributed by atoms with Gasteiger partial charge in [0.1, 0.15) is 0 Å². The lowest BCUT2D eigenvalue weighted by atomic mass is 10.1. The Hall–Kier alpha value is -2.16. The van der Waals surface area contributed by atoms with E-state index in [0.717, 1.165) is 35.7 Å². The lowest BCUT2D eigenvalue weighted by molar-refractivity contribution is 0.346. The van der Waals surface area contributed by atoms with Crippen LogP contribution in [0, 0.1) is 0 Å². The standard InChI is InChI=1S/C22H26N4O2S2/c1-25-22(23-16-18-8-4-2-5-9-18)29-17-21(24-25)19-10-12-20(13-11-19)30(27,28)26-14-6-3-7-15-26/h2,4-5,8-13H,3,6-7,14-17H2,1H3. The van der Waals surface area contributed by atoms with Gasteiger partial charge in [-0.2, -0.15) is 9.41 Å². The SMILES string of the molecule is CN1N=C(c2ccc(S(=O)(=O)N3CCCCC3)cc2)CSC1=NCc1ccccc1. The number of aliphatic imine (C=N–C) groups is 1. The van der Waals surface area contributed by atoms with Gasteiger partial charge in [0, 0.05) is 25.9 Å². The van der Waals surface area contributed by atoms with Crippen LogP contribution >= 0.6 is 11.8 Å². The molecule has 0 amide bonds. The van der Waals surface area contributed by atoms with Gasteiger partial charge < -0.3 is 0 Å². The molecule has 0 N–H and O–H groups in total. The maximum Gasteiger partial charge on any atom is 0.243 e. The third-order valence-electron chi connectivity index (χ3n) is 5.27. The first-order valence-electron chi connectivity index (χ1n) is 10.2. The van der Waals surface area contributed by atoms with Gasteiger partial charge >= 0.3 is 0 Å². The predicted octanol–water partition coefficient (Wildman–Crippen LogP) is 3.80. The molecular weight excluding hydrogens is 416 g/mol. The molecule has 0 aromatic heterocycles. The van der Waals surface area contributed by atoms with Crippen LogP contribution in [0.25, 0.3) is 0 Å². The van der Waals surface area contributed by atoms with Crippen molar-refractivity contribution in [2.24, 2.45) is 10.1 Å². The molecule has 8 heteroatoms. The van der Waals surface area contributed by atoms with Crippen LogP contribution < -0.4 is 0 Å². The third-order valence-corrected chi connectivity index (χ3v) is 8.25. The maximum atomic E-state index is 12.8.